The number of halogens is 1. The second-order valence-electron chi connectivity index (χ2n) is 5.54. The van der Waals surface area contributed by atoms with Gasteiger partial charge in [-0.15, -0.1) is 11.3 Å². The van der Waals surface area contributed by atoms with Gasteiger partial charge >= 0.3 is 0 Å². The van der Waals surface area contributed by atoms with Crippen molar-refractivity contribution in [2.45, 2.75) is 12.8 Å². The Labute approximate surface area is 152 Å². The Kier molecular flexibility index (Phi) is 5.33. The van der Waals surface area contributed by atoms with Crippen molar-refractivity contribution < 1.29 is 14.1 Å². The summed E-state index contributed by atoms with van der Waals surface area (Å²) in [6.45, 7) is 0. The molecule has 8 heteroatoms. The van der Waals surface area contributed by atoms with Gasteiger partial charge in [0.25, 0.3) is 5.69 Å². The van der Waals surface area contributed by atoms with Crippen LogP contribution in [-0.4, -0.2) is 15.8 Å². The van der Waals surface area contributed by atoms with Crippen LogP contribution < -0.4 is 5.32 Å². The van der Waals surface area contributed by atoms with Gasteiger partial charge in [0.2, 0.25) is 5.91 Å². The summed E-state index contributed by atoms with van der Waals surface area (Å²) < 4.78 is 13.7. The topological polar surface area (TPSA) is 85.1 Å². The zero-order valence-electron chi connectivity index (χ0n) is 13.5. The molecule has 0 spiro atoms. The fourth-order valence-corrected chi connectivity index (χ4v) is 3.19. The Bertz CT molecular complexity index is 944. The molecule has 0 saturated carbocycles. The van der Waals surface area contributed by atoms with Crippen molar-refractivity contribution in [3.8, 4) is 0 Å². The van der Waals surface area contributed by atoms with E-state index < -0.39 is 16.6 Å². The van der Waals surface area contributed by atoms with E-state index in [4.69, 9.17) is 0 Å². The zero-order valence-corrected chi connectivity index (χ0v) is 14.3. The van der Waals surface area contributed by atoms with Crippen LogP contribution >= 0.6 is 11.3 Å². The van der Waals surface area contributed by atoms with E-state index >= 15 is 0 Å². The number of nitro groups is 1. The minimum absolute atomic E-state index is 0.0343. The summed E-state index contributed by atoms with van der Waals surface area (Å²) in [6.07, 6.45) is 0.639. The highest BCUT2D eigenvalue weighted by molar-refractivity contribution is 7.09. The first-order valence-electron chi connectivity index (χ1n) is 7.72. The summed E-state index contributed by atoms with van der Waals surface area (Å²) in [5, 5.41) is 15.8. The number of anilines is 1. The summed E-state index contributed by atoms with van der Waals surface area (Å²) in [5.41, 5.74) is 1.19. The number of nitro benzene ring substituents is 1. The van der Waals surface area contributed by atoms with E-state index in [0.717, 1.165) is 28.8 Å². The van der Waals surface area contributed by atoms with Crippen molar-refractivity contribution in [3.63, 3.8) is 0 Å². The number of nitrogens with one attached hydrogen (secondary N) is 1. The maximum Gasteiger partial charge on any atom is 0.271 e. The second kappa shape index (κ2) is 7.83. The van der Waals surface area contributed by atoms with Crippen molar-refractivity contribution >= 4 is 28.6 Å². The number of nitrogens with zero attached hydrogens (tertiary/aromatic N) is 2. The first-order valence-corrected chi connectivity index (χ1v) is 8.60. The number of non-ortho nitro benzene ring substituents is 1. The third-order valence-electron chi connectivity index (χ3n) is 3.57. The fraction of sp³-hybridized carbons (Fsp3) is 0.111. The molecule has 0 bridgehead atoms. The zero-order chi connectivity index (χ0) is 18.5. The first kappa shape index (κ1) is 17.7. The van der Waals surface area contributed by atoms with Crippen LogP contribution in [0.5, 0.6) is 0 Å². The molecular weight excluding hydrogens is 357 g/mol. The fourth-order valence-electron chi connectivity index (χ4n) is 2.36. The second-order valence-corrected chi connectivity index (χ2v) is 6.48. The van der Waals surface area contributed by atoms with Gasteiger partial charge in [-0.3, -0.25) is 14.9 Å². The number of rotatable bonds is 6. The summed E-state index contributed by atoms with van der Waals surface area (Å²) >= 11 is 1.45. The van der Waals surface area contributed by atoms with Gasteiger partial charge < -0.3 is 5.32 Å². The molecule has 0 saturated heterocycles. The van der Waals surface area contributed by atoms with Gasteiger partial charge in [0, 0.05) is 23.9 Å². The largest absolute Gasteiger partial charge is 0.323 e. The first-order chi connectivity index (χ1) is 12.5. The van der Waals surface area contributed by atoms with Gasteiger partial charge in [0.05, 0.1) is 27.7 Å². The Hall–Kier alpha value is -3.13. The Morgan fingerprint density at radius 1 is 1.23 bits per heavy atom. The molecule has 0 unspecified atom stereocenters. The van der Waals surface area contributed by atoms with E-state index in [1.807, 2.05) is 30.3 Å². The van der Waals surface area contributed by atoms with Crippen LogP contribution in [-0.2, 0) is 17.6 Å². The van der Waals surface area contributed by atoms with Gasteiger partial charge in [-0.2, -0.15) is 0 Å². The predicted octanol–water partition coefficient (Wildman–Crippen LogP) is 3.96. The maximum atomic E-state index is 13.7. The molecule has 6 nitrogen and oxygen atoms in total. The highest BCUT2D eigenvalue weighted by atomic mass is 32.1. The molecule has 0 radical (unpaired) electrons. The van der Waals surface area contributed by atoms with Crippen LogP contribution in [0.2, 0.25) is 0 Å². The van der Waals surface area contributed by atoms with Crippen LogP contribution in [0, 0.1) is 15.9 Å². The molecule has 2 aromatic carbocycles. The van der Waals surface area contributed by atoms with Gasteiger partial charge in [-0.05, 0) is 11.6 Å². The molecule has 0 atom stereocenters. The number of carbonyl (C=O) groups excluding carboxylic acids is 1. The lowest BCUT2D eigenvalue weighted by molar-refractivity contribution is -0.384. The molecule has 3 rings (SSSR count). The average molecular weight is 371 g/mol. The normalized spacial score (nSPS) is 10.5. The molecule has 1 heterocycles. The molecule has 0 aliphatic carbocycles. The minimum atomic E-state index is -0.730. The SMILES string of the molecule is O=C(Cc1csc(Cc2ccccc2)n1)Nc1cc([N+](=O)[O-])ccc1F. The Balaban J connectivity index is 1.64. The van der Waals surface area contributed by atoms with Crippen LogP contribution in [0.3, 0.4) is 0 Å². The van der Waals surface area contributed by atoms with Crippen molar-refractivity contribution in [2.24, 2.45) is 0 Å². The van der Waals surface area contributed by atoms with Gasteiger partial charge in [0.15, 0.2) is 0 Å². The lowest BCUT2D eigenvalue weighted by Crippen LogP contribution is -2.15. The number of hydrogen-bond acceptors (Lipinski definition) is 5. The molecule has 1 aromatic heterocycles. The van der Waals surface area contributed by atoms with Crippen molar-refractivity contribution in [2.75, 3.05) is 5.32 Å². The molecule has 26 heavy (non-hydrogen) atoms. The minimum Gasteiger partial charge on any atom is -0.323 e. The van der Waals surface area contributed by atoms with E-state index in [2.05, 4.69) is 10.3 Å². The average Bonchev–Trinajstić information content (AvgIpc) is 3.04. The molecule has 3 aromatic rings. The summed E-state index contributed by atoms with van der Waals surface area (Å²) in [5.74, 6) is -1.21. The monoisotopic (exact) mass is 371 g/mol. The lowest BCUT2D eigenvalue weighted by Gasteiger charge is -2.05. The number of aromatic nitrogens is 1. The number of benzene rings is 2. The number of hydrogen-bond donors (Lipinski definition) is 1. The van der Waals surface area contributed by atoms with Crippen LogP contribution in [0.15, 0.2) is 53.9 Å². The smallest absolute Gasteiger partial charge is 0.271 e. The summed E-state index contributed by atoms with van der Waals surface area (Å²) in [6, 6.07) is 12.8. The van der Waals surface area contributed by atoms with Crippen LogP contribution in [0.25, 0.3) is 0 Å². The van der Waals surface area contributed by atoms with E-state index in [0.29, 0.717) is 12.1 Å². The molecule has 1 N–H and O–H groups in total. The highest BCUT2D eigenvalue weighted by Gasteiger charge is 2.14. The van der Waals surface area contributed by atoms with Crippen molar-refractivity contribution in [1.82, 2.24) is 4.98 Å². The molecule has 0 aliphatic rings. The van der Waals surface area contributed by atoms with Crippen LogP contribution in [0.4, 0.5) is 15.8 Å². The summed E-state index contributed by atoms with van der Waals surface area (Å²) in [4.78, 5) is 26.6. The molecular formula is C18H14FN3O3S. The Morgan fingerprint density at radius 3 is 2.73 bits per heavy atom. The standard InChI is InChI=1S/C18H14FN3O3S/c19-15-7-6-14(22(24)25)10-16(15)21-17(23)9-13-11-26-18(20-13)8-12-4-2-1-3-5-12/h1-7,10-11H,8-9H2,(H,21,23). The lowest BCUT2D eigenvalue weighted by atomic mass is 10.2. The van der Waals surface area contributed by atoms with Gasteiger partial charge in [0.1, 0.15) is 5.82 Å². The molecule has 132 valence electrons. The van der Waals surface area contributed by atoms with E-state index in [-0.39, 0.29) is 17.8 Å². The molecule has 1 amide bonds. The van der Waals surface area contributed by atoms with E-state index in [9.17, 15) is 19.3 Å². The van der Waals surface area contributed by atoms with Gasteiger partial charge in [-0.1, -0.05) is 30.3 Å². The van der Waals surface area contributed by atoms with E-state index in [1.165, 1.54) is 11.3 Å². The molecule has 0 aliphatic heterocycles. The Morgan fingerprint density at radius 2 is 2.00 bits per heavy atom. The third kappa shape index (κ3) is 4.48. The van der Waals surface area contributed by atoms with Crippen molar-refractivity contribution in [1.29, 1.82) is 0 Å². The van der Waals surface area contributed by atoms with Crippen LogP contribution in [0.1, 0.15) is 16.3 Å². The third-order valence-corrected chi connectivity index (χ3v) is 4.47. The molecule has 0 fully saturated rings. The van der Waals surface area contributed by atoms with Gasteiger partial charge in [-0.25, -0.2) is 9.37 Å². The van der Waals surface area contributed by atoms with Crippen molar-refractivity contribution in [3.05, 3.63) is 86.1 Å². The summed E-state index contributed by atoms with van der Waals surface area (Å²) in [7, 11) is 0. The predicted molar refractivity (Wildman–Crippen MR) is 96.8 cm³/mol. The quantitative estimate of drug-likeness (QED) is 0.525. The number of amides is 1. The maximum absolute atomic E-state index is 13.7. The number of carbonyl (C=O) groups is 1. The van der Waals surface area contributed by atoms with E-state index in [1.54, 1.807) is 5.38 Å². The highest BCUT2D eigenvalue weighted by Crippen LogP contribution is 2.22. The number of thiazole rings is 1.